The number of nitrogens with one attached hydrogen (secondary N) is 1. The molecule has 0 radical (unpaired) electrons. The third kappa shape index (κ3) is 3.31. The van der Waals surface area contributed by atoms with E-state index in [2.05, 4.69) is 37.2 Å². The van der Waals surface area contributed by atoms with E-state index in [-0.39, 0.29) is 5.91 Å². The van der Waals surface area contributed by atoms with E-state index < -0.39 is 0 Å². The summed E-state index contributed by atoms with van der Waals surface area (Å²) in [6.45, 7) is 0. The van der Waals surface area contributed by atoms with Gasteiger partial charge >= 0.3 is 0 Å². The maximum Gasteiger partial charge on any atom is 0.261 e. The Bertz CT molecular complexity index is 372. The molecule has 2 nitrogen and oxygen atoms in total. The predicted molar refractivity (Wildman–Crippen MR) is 74.5 cm³/mol. The van der Waals surface area contributed by atoms with Gasteiger partial charge in [0.2, 0.25) is 0 Å². The minimum atomic E-state index is 0.0636. The minimum Gasteiger partial charge on any atom is -0.349 e. The summed E-state index contributed by atoms with van der Waals surface area (Å²) in [5.74, 6) is 0.0636. The van der Waals surface area contributed by atoms with E-state index in [4.69, 9.17) is 0 Å². The van der Waals surface area contributed by atoms with Gasteiger partial charge in [0.05, 0.1) is 8.66 Å². The van der Waals surface area contributed by atoms with Gasteiger partial charge in [-0.1, -0.05) is 15.9 Å². The van der Waals surface area contributed by atoms with E-state index >= 15 is 0 Å². The largest absolute Gasteiger partial charge is 0.349 e. The lowest BCUT2D eigenvalue weighted by molar-refractivity contribution is 0.0932. The number of carbonyl (C=O) groups is 1. The predicted octanol–water partition coefficient (Wildman–Crippen LogP) is 3.95. The number of alkyl halides is 1. The second-order valence-electron chi connectivity index (χ2n) is 4.03. The summed E-state index contributed by atoms with van der Waals surface area (Å²) in [6, 6.07) is 4.12. The Morgan fingerprint density at radius 3 is 2.56 bits per heavy atom. The van der Waals surface area contributed by atoms with Crippen molar-refractivity contribution < 1.29 is 4.79 Å². The molecule has 0 atom stereocenters. The molecule has 2 rings (SSSR count). The van der Waals surface area contributed by atoms with Crippen LogP contribution in [-0.4, -0.2) is 16.8 Å². The summed E-state index contributed by atoms with van der Waals surface area (Å²) in [6.07, 6.45) is 4.46. The van der Waals surface area contributed by atoms with E-state index in [1.165, 1.54) is 11.3 Å². The number of amides is 1. The van der Waals surface area contributed by atoms with E-state index in [0.717, 1.165) is 34.3 Å². The van der Waals surface area contributed by atoms with E-state index in [1.807, 2.05) is 12.1 Å². The lowest BCUT2D eigenvalue weighted by Crippen LogP contribution is -2.37. The SMILES string of the molecule is O=C(NC1CCC(Br)CC1)c1ccc(Br)s1. The fourth-order valence-electron chi connectivity index (χ4n) is 1.89. The third-order valence-electron chi connectivity index (χ3n) is 2.79. The van der Waals surface area contributed by atoms with Crippen molar-refractivity contribution in [3.8, 4) is 0 Å². The molecule has 0 unspecified atom stereocenters. The Balaban J connectivity index is 1.88. The zero-order chi connectivity index (χ0) is 11.5. The smallest absolute Gasteiger partial charge is 0.261 e. The zero-order valence-corrected chi connectivity index (χ0v) is 12.7. The van der Waals surface area contributed by atoms with Gasteiger partial charge in [0.25, 0.3) is 5.91 Å². The molecule has 1 amide bonds. The molecule has 1 aromatic rings. The van der Waals surface area contributed by atoms with Crippen LogP contribution < -0.4 is 5.32 Å². The fraction of sp³-hybridized carbons (Fsp3) is 0.545. The van der Waals surface area contributed by atoms with E-state index in [1.54, 1.807) is 0 Å². The second kappa shape index (κ2) is 5.65. The van der Waals surface area contributed by atoms with E-state index in [9.17, 15) is 4.79 Å². The number of carbonyl (C=O) groups excluding carboxylic acids is 1. The Hall–Kier alpha value is 0.130. The molecular weight excluding hydrogens is 354 g/mol. The van der Waals surface area contributed by atoms with Gasteiger partial charge in [-0.05, 0) is 53.7 Å². The summed E-state index contributed by atoms with van der Waals surface area (Å²) in [7, 11) is 0. The molecule has 0 saturated heterocycles. The second-order valence-corrected chi connectivity index (χ2v) is 7.78. The summed E-state index contributed by atoms with van der Waals surface area (Å²) in [5.41, 5.74) is 0. The molecule has 0 aromatic carbocycles. The highest BCUT2D eigenvalue weighted by Gasteiger charge is 2.21. The van der Waals surface area contributed by atoms with Crippen LogP contribution in [0.15, 0.2) is 15.9 Å². The average molecular weight is 367 g/mol. The first kappa shape index (κ1) is 12.6. The van der Waals surface area contributed by atoms with Gasteiger partial charge in [0, 0.05) is 10.9 Å². The first-order chi connectivity index (χ1) is 7.65. The first-order valence-corrected chi connectivity index (χ1v) is 7.88. The highest BCUT2D eigenvalue weighted by Crippen LogP contribution is 2.25. The van der Waals surface area contributed by atoms with Crippen molar-refractivity contribution in [2.24, 2.45) is 0 Å². The molecule has 5 heteroatoms. The first-order valence-electron chi connectivity index (χ1n) is 5.35. The van der Waals surface area contributed by atoms with Gasteiger partial charge in [0.15, 0.2) is 0 Å². The third-order valence-corrected chi connectivity index (χ3v) is 5.33. The standard InChI is InChI=1S/C11H13Br2NOS/c12-7-1-3-8(4-2-7)14-11(15)9-5-6-10(13)16-9/h5-8H,1-4H2,(H,14,15). The molecular formula is C11H13Br2NOS. The fourth-order valence-corrected chi connectivity index (χ4v) is 3.71. The van der Waals surface area contributed by atoms with Crippen molar-refractivity contribution in [1.29, 1.82) is 0 Å². The average Bonchev–Trinajstić information content (AvgIpc) is 2.68. The summed E-state index contributed by atoms with van der Waals surface area (Å²) in [4.78, 5) is 13.3. The van der Waals surface area contributed by atoms with Crippen LogP contribution in [0.2, 0.25) is 0 Å². The molecule has 1 heterocycles. The van der Waals surface area contributed by atoms with Crippen molar-refractivity contribution in [3.63, 3.8) is 0 Å². The molecule has 1 aromatic heterocycles. The lowest BCUT2D eigenvalue weighted by atomic mass is 9.95. The van der Waals surface area contributed by atoms with Crippen LogP contribution in [0.4, 0.5) is 0 Å². The van der Waals surface area contributed by atoms with Crippen LogP contribution >= 0.6 is 43.2 Å². The molecule has 1 aliphatic rings. The van der Waals surface area contributed by atoms with Gasteiger partial charge < -0.3 is 5.32 Å². The number of hydrogen-bond acceptors (Lipinski definition) is 2. The van der Waals surface area contributed by atoms with Gasteiger partial charge in [-0.15, -0.1) is 11.3 Å². The van der Waals surface area contributed by atoms with Crippen LogP contribution in [0.25, 0.3) is 0 Å². The molecule has 1 N–H and O–H groups in total. The van der Waals surface area contributed by atoms with Crippen molar-refractivity contribution >= 4 is 49.1 Å². The maximum atomic E-state index is 11.9. The quantitative estimate of drug-likeness (QED) is 0.789. The Kier molecular flexibility index (Phi) is 4.44. The summed E-state index contributed by atoms with van der Waals surface area (Å²) < 4.78 is 1.00. The van der Waals surface area contributed by atoms with Gasteiger partial charge in [-0.2, -0.15) is 0 Å². The van der Waals surface area contributed by atoms with Gasteiger partial charge in [-0.25, -0.2) is 0 Å². The van der Waals surface area contributed by atoms with Crippen LogP contribution in [0, 0.1) is 0 Å². The Morgan fingerprint density at radius 2 is 2.00 bits per heavy atom. The number of thiophene rings is 1. The number of rotatable bonds is 2. The molecule has 88 valence electrons. The molecule has 0 aliphatic heterocycles. The van der Waals surface area contributed by atoms with Crippen molar-refractivity contribution in [2.45, 2.75) is 36.6 Å². The number of hydrogen-bond donors (Lipinski definition) is 1. The molecule has 1 aliphatic carbocycles. The monoisotopic (exact) mass is 365 g/mol. The van der Waals surface area contributed by atoms with E-state index in [0.29, 0.717) is 10.9 Å². The molecule has 0 bridgehead atoms. The highest BCUT2D eigenvalue weighted by molar-refractivity contribution is 9.11. The molecule has 1 fully saturated rings. The minimum absolute atomic E-state index is 0.0636. The maximum absolute atomic E-state index is 11.9. The number of halogens is 2. The highest BCUT2D eigenvalue weighted by atomic mass is 79.9. The summed E-state index contributed by atoms with van der Waals surface area (Å²) >= 11 is 8.46. The summed E-state index contributed by atoms with van der Waals surface area (Å²) in [5, 5.41) is 3.10. The van der Waals surface area contributed by atoms with Gasteiger partial charge in [0.1, 0.15) is 0 Å². The molecule has 0 spiro atoms. The van der Waals surface area contributed by atoms with Crippen LogP contribution in [0.3, 0.4) is 0 Å². The van der Waals surface area contributed by atoms with Crippen molar-refractivity contribution in [1.82, 2.24) is 5.32 Å². The normalized spacial score (nSPS) is 25.4. The Morgan fingerprint density at radius 1 is 1.31 bits per heavy atom. The topological polar surface area (TPSA) is 29.1 Å². The van der Waals surface area contributed by atoms with Crippen molar-refractivity contribution in [3.05, 3.63) is 20.8 Å². The lowest BCUT2D eigenvalue weighted by Gasteiger charge is -2.25. The molecule has 16 heavy (non-hydrogen) atoms. The van der Waals surface area contributed by atoms with Crippen LogP contribution in [-0.2, 0) is 0 Å². The van der Waals surface area contributed by atoms with Crippen LogP contribution in [0.5, 0.6) is 0 Å². The molecule has 1 saturated carbocycles. The van der Waals surface area contributed by atoms with Crippen LogP contribution in [0.1, 0.15) is 35.4 Å². The van der Waals surface area contributed by atoms with Crippen molar-refractivity contribution in [2.75, 3.05) is 0 Å². The Labute approximate surface area is 116 Å². The zero-order valence-electron chi connectivity index (χ0n) is 8.71. The van der Waals surface area contributed by atoms with Gasteiger partial charge in [-0.3, -0.25) is 4.79 Å².